The van der Waals surface area contributed by atoms with Crippen LogP contribution in [-0.2, 0) is 14.2 Å². The van der Waals surface area contributed by atoms with E-state index in [9.17, 15) is 0 Å². The smallest absolute Gasteiger partial charge is 0.149 e. The molecule has 0 saturated carbocycles. The number of hydrogen-bond donors (Lipinski definition) is 0. The van der Waals surface area contributed by atoms with Gasteiger partial charge in [0, 0.05) is 0 Å². The fourth-order valence-corrected chi connectivity index (χ4v) is 0.533. The predicted octanol–water partition coefficient (Wildman–Crippen LogP) is 0.355. The Kier molecular flexibility index (Phi) is 2.88. The zero-order valence-corrected chi connectivity index (χ0v) is 4.76. The summed E-state index contributed by atoms with van der Waals surface area (Å²) in [6, 6.07) is 0. The molecule has 0 amide bonds. The molecule has 8 heavy (non-hydrogen) atoms. The van der Waals surface area contributed by atoms with E-state index < -0.39 is 0 Å². The second-order valence-corrected chi connectivity index (χ2v) is 1.61. The SMILES string of the molecule is C1COCOCOC1. The van der Waals surface area contributed by atoms with Gasteiger partial charge in [0.25, 0.3) is 0 Å². The lowest BCUT2D eigenvalue weighted by Gasteiger charge is -2.09. The van der Waals surface area contributed by atoms with Gasteiger partial charge in [-0.3, -0.25) is 0 Å². The average molecular weight is 118 g/mol. The van der Waals surface area contributed by atoms with Gasteiger partial charge in [0.1, 0.15) is 13.6 Å². The highest BCUT2D eigenvalue weighted by atomic mass is 16.7. The van der Waals surface area contributed by atoms with Crippen molar-refractivity contribution in [3.8, 4) is 0 Å². The Morgan fingerprint density at radius 3 is 2.00 bits per heavy atom. The summed E-state index contributed by atoms with van der Waals surface area (Å²) in [5.41, 5.74) is 0. The quantitative estimate of drug-likeness (QED) is 0.459. The van der Waals surface area contributed by atoms with Crippen LogP contribution in [0.3, 0.4) is 0 Å². The molecule has 1 fully saturated rings. The molecule has 3 nitrogen and oxygen atoms in total. The molecular weight excluding hydrogens is 108 g/mol. The van der Waals surface area contributed by atoms with Crippen LogP contribution in [0, 0.1) is 0 Å². The second-order valence-electron chi connectivity index (χ2n) is 1.61. The Morgan fingerprint density at radius 2 is 1.38 bits per heavy atom. The molecule has 0 N–H and O–H groups in total. The minimum Gasteiger partial charge on any atom is -0.355 e. The summed E-state index contributed by atoms with van der Waals surface area (Å²) in [5.74, 6) is 0. The fourth-order valence-electron chi connectivity index (χ4n) is 0.533. The number of rotatable bonds is 0. The van der Waals surface area contributed by atoms with Gasteiger partial charge >= 0.3 is 0 Å². The van der Waals surface area contributed by atoms with Crippen molar-refractivity contribution >= 4 is 0 Å². The highest BCUT2D eigenvalue weighted by Crippen LogP contribution is 1.90. The average Bonchev–Trinajstić information content (AvgIpc) is 1.62. The summed E-state index contributed by atoms with van der Waals surface area (Å²) in [6.07, 6.45) is 0.976. The molecule has 1 rings (SSSR count). The van der Waals surface area contributed by atoms with E-state index in [4.69, 9.17) is 14.2 Å². The molecule has 0 radical (unpaired) electrons. The highest BCUT2D eigenvalue weighted by Gasteiger charge is 1.94. The van der Waals surface area contributed by atoms with E-state index in [-0.39, 0.29) is 0 Å². The van der Waals surface area contributed by atoms with Crippen LogP contribution < -0.4 is 0 Å². The number of ether oxygens (including phenoxy) is 3. The monoisotopic (exact) mass is 118 g/mol. The molecule has 0 unspecified atom stereocenters. The summed E-state index contributed by atoms with van der Waals surface area (Å²) in [7, 11) is 0. The topological polar surface area (TPSA) is 27.7 Å². The first-order valence-electron chi connectivity index (χ1n) is 2.73. The summed E-state index contributed by atoms with van der Waals surface area (Å²) >= 11 is 0. The third-order valence-corrected chi connectivity index (χ3v) is 0.911. The molecule has 0 bridgehead atoms. The van der Waals surface area contributed by atoms with Crippen LogP contribution in [0.5, 0.6) is 0 Å². The zero-order valence-electron chi connectivity index (χ0n) is 4.76. The van der Waals surface area contributed by atoms with Gasteiger partial charge in [-0.25, -0.2) is 0 Å². The van der Waals surface area contributed by atoms with E-state index >= 15 is 0 Å². The van der Waals surface area contributed by atoms with Gasteiger partial charge in [-0.1, -0.05) is 0 Å². The molecule has 0 aliphatic carbocycles. The molecule has 0 aromatic heterocycles. The first kappa shape index (κ1) is 6.01. The van der Waals surface area contributed by atoms with Gasteiger partial charge in [-0.2, -0.15) is 0 Å². The van der Waals surface area contributed by atoms with Crippen LogP contribution in [0.25, 0.3) is 0 Å². The summed E-state index contributed by atoms with van der Waals surface area (Å²) in [5, 5.41) is 0. The fraction of sp³-hybridized carbons (Fsp3) is 1.00. The maximum absolute atomic E-state index is 4.97. The largest absolute Gasteiger partial charge is 0.355 e. The van der Waals surface area contributed by atoms with Gasteiger partial charge in [-0.05, 0) is 6.42 Å². The van der Waals surface area contributed by atoms with Crippen molar-refractivity contribution in [2.75, 3.05) is 26.8 Å². The maximum Gasteiger partial charge on any atom is 0.149 e. The van der Waals surface area contributed by atoms with Crippen LogP contribution in [-0.4, -0.2) is 26.8 Å². The zero-order chi connectivity index (χ0) is 5.66. The van der Waals surface area contributed by atoms with E-state index in [1.165, 1.54) is 0 Å². The molecule has 3 heteroatoms. The number of hydrogen-bond acceptors (Lipinski definition) is 3. The molecule has 0 aromatic rings. The lowest BCUT2D eigenvalue weighted by molar-refractivity contribution is -0.152. The Bertz CT molecular complexity index is 31.6. The molecule has 0 atom stereocenters. The molecule has 48 valence electrons. The van der Waals surface area contributed by atoms with Crippen molar-refractivity contribution in [2.45, 2.75) is 6.42 Å². The van der Waals surface area contributed by atoms with Crippen LogP contribution in [0.1, 0.15) is 6.42 Å². The van der Waals surface area contributed by atoms with Crippen molar-refractivity contribution in [2.24, 2.45) is 0 Å². The van der Waals surface area contributed by atoms with Gasteiger partial charge in [0.2, 0.25) is 0 Å². The van der Waals surface area contributed by atoms with E-state index in [1.807, 2.05) is 0 Å². The summed E-state index contributed by atoms with van der Waals surface area (Å²) in [6.45, 7) is 2.25. The van der Waals surface area contributed by atoms with Gasteiger partial charge < -0.3 is 14.2 Å². The van der Waals surface area contributed by atoms with Crippen molar-refractivity contribution in [3.05, 3.63) is 0 Å². The Balaban J connectivity index is 2.00. The predicted molar refractivity (Wildman–Crippen MR) is 27.3 cm³/mol. The first-order chi connectivity index (χ1) is 4.00. The highest BCUT2D eigenvalue weighted by molar-refractivity contribution is 4.32. The van der Waals surface area contributed by atoms with Gasteiger partial charge in [0.15, 0.2) is 0 Å². The normalized spacial score (nSPS) is 24.0. The molecule has 0 aromatic carbocycles. The third kappa shape index (κ3) is 2.26. The molecular formula is C5H10O3. The molecule has 1 aliphatic heterocycles. The molecule has 1 aliphatic rings. The van der Waals surface area contributed by atoms with Crippen molar-refractivity contribution in [1.29, 1.82) is 0 Å². The van der Waals surface area contributed by atoms with Crippen molar-refractivity contribution in [1.82, 2.24) is 0 Å². The lowest BCUT2D eigenvalue weighted by Crippen LogP contribution is -2.11. The Morgan fingerprint density at radius 1 is 0.750 bits per heavy atom. The minimum atomic E-state index is 0.375. The van der Waals surface area contributed by atoms with Crippen LogP contribution in [0.4, 0.5) is 0 Å². The maximum atomic E-state index is 4.97. The van der Waals surface area contributed by atoms with Gasteiger partial charge in [0.05, 0.1) is 13.2 Å². The van der Waals surface area contributed by atoms with Gasteiger partial charge in [-0.15, -0.1) is 0 Å². The Labute approximate surface area is 48.5 Å². The second kappa shape index (κ2) is 3.83. The summed E-state index contributed by atoms with van der Waals surface area (Å²) < 4.78 is 14.8. The molecule has 1 heterocycles. The van der Waals surface area contributed by atoms with Crippen LogP contribution in [0.15, 0.2) is 0 Å². The van der Waals surface area contributed by atoms with Crippen LogP contribution >= 0.6 is 0 Å². The summed E-state index contributed by atoms with van der Waals surface area (Å²) in [4.78, 5) is 0. The van der Waals surface area contributed by atoms with E-state index in [0.717, 1.165) is 19.6 Å². The van der Waals surface area contributed by atoms with Crippen LogP contribution in [0.2, 0.25) is 0 Å². The van der Waals surface area contributed by atoms with E-state index in [0.29, 0.717) is 13.6 Å². The third-order valence-electron chi connectivity index (χ3n) is 0.911. The standard InChI is InChI=1S/C5H10O3/c1-2-6-4-8-5-7-3-1/h1-5H2. The van der Waals surface area contributed by atoms with E-state index in [1.54, 1.807) is 0 Å². The lowest BCUT2D eigenvalue weighted by atomic mass is 10.5. The molecule has 1 saturated heterocycles. The Hall–Kier alpha value is -0.120. The molecule has 0 spiro atoms. The first-order valence-corrected chi connectivity index (χ1v) is 2.73. The van der Waals surface area contributed by atoms with Crippen molar-refractivity contribution in [3.63, 3.8) is 0 Å². The van der Waals surface area contributed by atoms with E-state index in [2.05, 4.69) is 0 Å². The minimum absolute atomic E-state index is 0.375. The van der Waals surface area contributed by atoms with Crippen molar-refractivity contribution < 1.29 is 14.2 Å².